The van der Waals surface area contributed by atoms with Gasteiger partial charge >= 0.3 is 0 Å². The average molecular weight is 207 g/mol. The highest BCUT2D eigenvalue weighted by Crippen LogP contribution is 2.42. The Hall–Kier alpha value is -0.470. The molecule has 1 aromatic rings. The molecule has 1 N–H and O–H groups in total. The maximum atomic E-state index is 3.24. The fraction of sp³-hybridized carbons (Fsp3) is 0.500. The lowest BCUT2D eigenvalue weighted by Gasteiger charge is -2.12. The first-order valence-electron chi connectivity index (χ1n) is 5.20. The first-order chi connectivity index (χ1) is 6.83. The molecule has 1 atom stereocenters. The fourth-order valence-corrected chi connectivity index (χ4v) is 3.49. The van der Waals surface area contributed by atoms with Gasteiger partial charge in [0.05, 0.1) is 0 Å². The molecule has 0 saturated carbocycles. The third kappa shape index (κ3) is 1.82. The Kier molecular flexibility index (Phi) is 3.14. The van der Waals surface area contributed by atoms with Crippen molar-refractivity contribution >= 4 is 11.8 Å². The van der Waals surface area contributed by atoms with E-state index in [4.69, 9.17) is 0 Å². The van der Waals surface area contributed by atoms with E-state index < -0.39 is 0 Å². The monoisotopic (exact) mass is 207 g/mol. The lowest BCUT2D eigenvalue weighted by molar-refractivity contribution is 0.641. The maximum Gasteiger partial charge on any atom is 0.0110 e. The number of benzene rings is 1. The molecule has 0 radical (unpaired) electrons. The molecule has 1 unspecified atom stereocenters. The van der Waals surface area contributed by atoms with Crippen molar-refractivity contribution in [1.82, 2.24) is 5.32 Å². The van der Waals surface area contributed by atoms with Gasteiger partial charge in [0.25, 0.3) is 0 Å². The lowest BCUT2D eigenvalue weighted by atomic mass is 9.94. The second kappa shape index (κ2) is 4.37. The highest BCUT2D eigenvalue weighted by atomic mass is 32.2. The maximum absolute atomic E-state index is 3.24. The number of aryl methyl sites for hydroxylation is 1. The van der Waals surface area contributed by atoms with Gasteiger partial charge in [0.2, 0.25) is 0 Å². The zero-order valence-corrected chi connectivity index (χ0v) is 9.66. The van der Waals surface area contributed by atoms with Crippen molar-refractivity contribution in [2.75, 3.05) is 19.3 Å². The molecular weight excluding hydrogens is 190 g/mol. The standard InChI is InChI=1S/C12H17NS/c1-9-4-3-5-11-12(9)10(8-14-11)6-7-13-2/h3-5,10,13H,6-8H2,1-2H3. The van der Waals surface area contributed by atoms with Crippen LogP contribution in [0.3, 0.4) is 0 Å². The predicted octanol–water partition coefficient (Wildman–Crippen LogP) is 2.79. The summed E-state index contributed by atoms with van der Waals surface area (Å²) in [5.74, 6) is 2.03. The Morgan fingerprint density at radius 3 is 3.14 bits per heavy atom. The van der Waals surface area contributed by atoms with E-state index in [1.54, 1.807) is 5.56 Å². The molecule has 1 nitrogen and oxygen atoms in total. The molecule has 1 aliphatic rings. The third-order valence-corrected chi connectivity index (χ3v) is 4.11. The summed E-state index contributed by atoms with van der Waals surface area (Å²) >= 11 is 2.01. The second-order valence-corrected chi connectivity index (χ2v) is 4.95. The summed E-state index contributed by atoms with van der Waals surface area (Å²) in [6.07, 6.45) is 1.27. The van der Waals surface area contributed by atoms with E-state index >= 15 is 0 Å². The van der Waals surface area contributed by atoms with Gasteiger partial charge in [-0.1, -0.05) is 12.1 Å². The number of hydrogen-bond donors (Lipinski definition) is 1. The predicted molar refractivity (Wildman–Crippen MR) is 63.2 cm³/mol. The fourth-order valence-electron chi connectivity index (χ4n) is 2.12. The van der Waals surface area contributed by atoms with E-state index in [1.165, 1.54) is 22.6 Å². The molecule has 1 aliphatic heterocycles. The van der Waals surface area contributed by atoms with Gasteiger partial charge in [-0.3, -0.25) is 0 Å². The SMILES string of the molecule is CNCCC1CSc2cccc(C)c21. The summed E-state index contributed by atoms with van der Waals surface area (Å²) in [6, 6.07) is 6.66. The van der Waals surface area contributed by atoms with Gasteiger partial charge in [0.15, 0.2) is 0 Å². The van der Waals surface area contributed by atoms with Gasteiger partial charge in [-0.15, -0.1) is 11.8 Å². The average Bonchev–Trinajstić information content (AvgIpc) is 2.59. The Balaban J connectivity index is 2.20. The van der Waals surface area contributed by atoms with Gasteiger partial charge in [0, 0.05) is 10.6 Å². The van der Waals surface area contributed by atoms with Crippen LogP contribution in [-0.2, 0) is 0 Å². The lowest BCUT2D eigenvalue weighted by Crippen LogP contribution is -2.12. The van der Waals surface area contributed by atoms with E-state index in [1.807, 2.05) is 18.8 Å². The molecule has 2 heteroatoms. The number of nitrogens with one attached hydrogen (secondary N) is 1. The number of hydrogen-bond acceptors (Lipinski definition) is 2. The molecule has 0 amide bonds. The molecule has 0 spiro atoms. The summed E-state index contributed by atoms with van der Waals surface area (Å²) in [5.41, 5.74) is 3.07. The number of fused-ring (bicyclic) bond motifs is 1. The van der Waals surface area contributed by atoms with Gasteiger partial charge in [-0.2, -0.15) is 0 Å². The van der Waals surface area contributed by atoms with Crippen LogP contribution in [0.4, 0.5) is 0 Å². The van der Waals surface area contributed by atoms with Gasteiger partial charge in [0.1, 0.15) is 0 Å². The molecule has 14 heavy (non-hydrogen) atoms. The first kappa shape index (κ1) is 10.1. The van der Waals surface area contributed by atoms with Crippen LogP contribution >= 0.6 is 11.8 Å². The van der Waals surface area contributed by atoms with Crippen molar-refractivity contribution in [3.05, 3.63) is 29.3 Å². The molecule has 0 fully saturated rings. The topological polar surface area (TPSA) is 12.0 Å². The third-order valence-electron chi connectivity index (χ3n) is 2.88. The molecule has 0 bridgehead atoms. The Morgan fingerprint density at radius 2 is 2.36 bits per heavy atom. The van der Waals surface area contributed by atoms with Gasteiger partial charge in [-0.05, 0) is 50.0 Å². The van der Waals surface area contributed by atoms with E-state index in [2.05, 4.69) is 30.4 Å². The second-order valence-electron chi connectivity index (χ2n) is 3.89. The van der Waals surface area contributed by atoms with Crippen molar-refractivity contribution in [2.24, 2.45) is 0 Å². The quantitative estimate of drug-likeness (QED) is 0.818. The van der Waals surface area contributed by atoms with Gasteiger partial charge in [-0.25, -0.2) is 0 Å². The molecule has 0 aromatic heterocycles. The van der Waals surface area contributed by atoms with Gasteiger partial charge < -0.3 is 5.32 Å². The molecule has 1 aromatic carbocycles. The minimum atomic E-state index is 0.767. The van der Waals surface area contributed by atoms with Crippen LogP contribution in [-0.4, -0.2) is 19.3 Å². The highest BCUT2D eigenvalue weighted by Gasteiger charge is 2.23. The van der Waals surface area contributed by atoms with Crippen molar-refractivity contribution in [3.63, 3.8) is 0 Å². The van der Waals surface area contributed by atoms with Crippen LogP contribution in [0.1, 0.15) is 23.5 Å². The smallest absolute Gasteiger partial charge is 0.0110 e. The molecule has 2 rings (SSSR count). The van der Waals surface area contributed by atoms with Crippen molar-refractivity contribution in [2.45, 2.75) is 24.2 Å². The van der Waals surface area contributed by atoms with E-state index in [0.29, 0.717) is 0 Å². The van der Waals surface area contributed by atoms with Crippen molar-refractivity contribution in [3.8, 4) is 0 Å². The summed E-state index contributed by atoms with van der Waals surface area (Å²) in [6.45, 7) is 3.36. The van der Waals surface area contributed by atoms with Crippen LogP contribution < -0.4 is 5.32 Å². The van der Waals surface area contributed by atoms with Crippen LogP contribution in [0, 0.1) is 6.92 Å². The van der Waals surface area contributed by atoms with Crippen LogP contribution in [0.2, 0.25) is 0 Å². The number of thioether (sulfide) groups is 1. The zero-order valence-electron chi connectivity index (χ0n) is 8.84. The summed E-state index contributed by atoms with van der Waals surface area (Å²) in [5, 5.41) is 3.24. The molecular formula is C12H17NS. The van der Waals surface area contributed by atoms with E-state index in [9.17, 15) is 0 Å². The molecule has 0 saturated heterocycles. The Bertz CT molecular complexity index is 322. The van der Waals surface area contributed by atoms with Crippen LogP contribution in [0.5, 0.6) is 0 Å². The van der Waals surface area contributed by atoms with Crippen LogP contribution in [0.25, 0.3) is 0 Å². The summed E-state index contributed by atoms with van der Waals surface area (Å²) in [4.78, 5) is 1.51. The zero-order chi connectivity index (χ0) is 9.97. The Labute approximate surface area is 90.3 Å². The molecule has 0 aliphatic carbocycles. The summed E-state index contributed by atoms with van der Waals surface area (Å²) in [7, 11) is 2.03. The minimum absolute atomic E-state index is 0.767. The minimum Gasteiger partial charge on any atom is -0.320 e. The van der Waals surface area contributed by atoms with Crippen molar-refractivity contribution < 1.29 is 0 Å². The Morgan fingerprint density at radius 1 is 1.50 bits per heavy atom. The summed E-state index contributed by atoms with van der Waals surface area (Å²) < 4.78 is 0. The van der Waals surface area contributed by atoms with Crippen molar-refractivity contribution in [1.29, 1.82) is 0 Å². The van der Waals surface area contributed by atoms with E-state index in [-0.39, 0.29) is 0 Å². The normalized spacial score (nSPS) is 19.7. The number of rotatable bonds is 3. The van der Waals surface area contributed by atoms with E-state index in [0.717, 1.165) is 12.5 Å². The van der Waals surface area contributed by atoms with Crippen LogP contribution in [0.15, 0.2) is 23.1 Å². The first-order valence-corrected chi connectivity index (χ1v) is 6.18. The highest BCUT2D eigenvalue weighted by molar-refractivity contribution is 7.99. The largest absolute Gasteiger partial charge is 0.320 e. The molecule has 76 valence electrons. The molecule has 1 heterocycles.